The van der Waals surface area contributed by atoms with Crippen LogP contribution in [0, 0.1) is 18.8 Å². The zero-order valence-corrected chi connectivity index (χ0v) is 23.6. The summed E-state index contributed by atoms with van der Waals surface area (Å²) in [5, 5.41) is 8.06. The van der Waals surface area contributed by atoms with Gasteiger partial charge in [-0.2, -0.15) is 31.4 Å². The highest BCUT2D eigenvalue weighted by molar-refractivity contribution is 7.90. The molecule has 0 spiro atoms. The summed E-state index contributed by atoms with van der Waals surface area (Å²) in [4.78, 5) is 30.0. The smallest absolute Gasteiger partial charge is 0.348 e. The molecule has 0 fully saturated rings. The van der Waals surface area contributed by atoms with Crippen LogP contribution in [0.4, 0.5) is 32.0 Å². The van der Waals surface area contributed by atoms with E-state index in [-0.39, 0.29) is 44.0 Å². The van der Waals surface area contributed by atoms with Gasteiger partial charge in [0, 0.05) is 12.3 Å². The molecule has 2 amide bonds. The number of alkyl halides is 6. The molecule has 2 N–H and O–H groups in total. The van der Waals surface area contributed by atoms with Gasteiger partial charge in [0.15, 0.2) is 0 Å². The van der Waals surface area contributed by atoms with Gasteiger partial charge in [-0.25, -0.2) is 8.42 Å². The molecule has 1 aromatic heterocycles. The van der Waals surface area contributed by atoms with Gasteiger partial charge in [0.1, 0.15) is 9.84 Å². The predicted molar refractivity (Wildman–Crippen MR) is 142 cm³/mol. The number of anilines is 1. The Labute approximate surface area is 241 Å². The molecule has 17 heteroatoms. The van der Waals surface area contributed by atoms with E-state index in [0.29, 0.717) is 0 Å². The lowest BCUT2D eigenvalue weighted by atomic mass is 10.1. The number of benzene rings is 1. The first-order chi connectivity index (χ1) is 19.3. The highest BCUT2D eigenvalue weighted by Gasteiger charge is 2.47. The number of rotatable bonds is 8. The number of hydrazone groups is 1. The summed E-state index contributed by atoms with van der Waals surface area (Å²) < 4.78 is 102. The average molecular weight is 638 g/mol. The van der Waals surface area contributed by atoms with Gasteiger partial charge in [0.25, 0.3) is 11.8 Å². The monoisotopic (exact) mass is 637 g/mol. The molecular weight excluding hydrogens is 616 g/mol. The first-order valence-corrected chi connectivity index (χ1v) is 14.3. The Balaban J connectivity index is 1.83. The summed E-state index contributed by atoms with van der Waals surface area (Å²) in [6, 6.07) is 3.08. The van der Waals surface area contributed by atoms with Gasteiger partial charge < -0.3 is 10.6 Å². The summed E-state index contributed by atoms with van der Waals surface area (Å²) in [6.07, 6.45) is -9.06. The average Bonchev–Trinajstić information content (AvgIpc) is 2.82. The van der Waals surface area contributed by atoms with Crippen LogP contribution >= 0.6 is 11.6 Å². The van der Waals surface area contributed by atoms with Crippen LogP contribution in [0.3, 0.4) is 0 Å². The van der Waals surface area contributed by atoms with E-state index in [1.807, 2.05) is 0 Å². The van der Waals surface area contributed by atoms with Crippen molar-refractivity contribution in [1.29, 1.82) is 0 Å². The van der Waals surface area contributed by atoms with Crippen molar-refractivity contribution in [3.05, 3.63) is 57.9 Å². The molecule has 0 saturated carbocycles. The van der Waals surface area contributed by atoms with E-state index in [9.17, 15) is 44.3 Å². The van der Waals surface area contributed by atoms with Gasteiger partial charge >= 0.3 is 12.4 Å². The maximum absolute atomic E-state index is 13.4. The van der Waals surface area contributed by atoms with Crippen molar-refractivity contribution in [3.8, 4) is 11.8 Å². The number of halogens is 7. The van der Waals surface area contributed by atoms with Gasteiger partial charge in [-0.1, -0.05) is 23.6 Å². The lowest BCUT2D eigenvalue weighted by Crippen LogP contribution is -2.45. The standard InChI is InChI=1S/C25H22ClF6N5O4S/c1-13(12-42(3,40)41)33-23(39)21-16(5-4-6-17(21)26)22(38)35-18-8-7-15(34-14(18)2)11-37-20(25(30,31)32)10-9-19(36-37)24(27,28)29/h4-8,13,20H,11-12H2,1-3H3,(H,33,39)(H,35,38)/t13-,20?/m0/s1. The number of hydrogen-bond acceptors (Lipinski definition) is 7. The van der Waals surface area contributed by atoms with Gasteiger partial charge in [-0.15, -0.1) is 0 Å². The summed E-state index contributed by atoms with van der Waals surface area (Å²) in [5.74, 6) is 0.953. The van der Waals surface area contributed by atoms with Gasteiger partial charge in [0.2, 0.25) is 11.8 Å². The molecular formula is C25H22ClF6N5O4S. The Morgan fingerprint density at radius 2 is 1.79 bits per heavy atom. The second-order valence-electron chi connectivity index (χ2n) is 9.28. The van der Waals surface area contributed by atoms with E-state index >= 15 is 0 Å². The molecule has 1 aromatic carbocycles. The Morgan fingerprint density at radius 3 is 2.36 bits per heavy atom. The van der Waals surface area contributed by atoms with E-state index in [1.165, 1.54) is 56.0 Å². The van der Waals surface area contributed by atoms with Crippen LogP contribution in [-0.2, 0) is 16.4 Å². The Hall–Kier alpha value is -3.84. The first-order valence-electron chi connectivity index (χ1n) is 11.8. The van der Waals surface area contributed by atoms with Crippen molar-refractivity contribution in [1.82, 2.24) is 15.3 Å². The summed E-state index contributed by atoms with van der Waals surface area (Å²) in [7, 11) is -3.42. The molecule has 0 aliphatic carbocycles. The molecule has 3 rings (SSSR count). The summed E-state index contributed by atoms with van der Waals surface area (Å²) >= 11 is 6.17. The van der Waals surface area contributed by atoms with Gasteiger partial charge in [0.05, 0.1) is 45.5 Å². The minimum atomic E-state index is -5.05. The molecule has 2 heterocycles. The SMILES string of the molecule is Cc1nc(CN2N=C(C(F)(F)F)C#CC2C(F)(F)F)ccc1NC(=O)c1cccc(Cl)c1C(=O)N[C@@H](C)CS(C)(=O)=O. The van der Waals surface area contributed by atoms with E-state index in [4.69, 9.17) is 11.6 Å². The molecule has 1 aliphatic heterocycles. The number of nitrogens with zero attached hydrogens (tertiary/aromatic N) is 3. The highest BCUT2D eigenvalue weighted by Crippen LogP contribution is 2.30. The molecule has 1 aliphatic rings. The predicted octanol–water partition coefficient (Wildman–Crippen LogP) is 4.13. The second kappa shape index (κ2) is 12.2. The molecule has 1 unspecified atom stereocenters. The maximum atomic E-state index is 13.4. The maximum Gasteiger partial charge on any atom is 0.443 e. The molecule has 226 valence electrons. The second-order valence-corrected chi connectivity index (χ2v) is 11.9. The number of hydrogen-bond donors (Lipinski definition) is 2. The third-order valence-corrected chi connectivity index (χ3v) is 6.98. The fourth-order valence-corrected chi connectivity index (χ4v) is 5.10. The molecule has 2 aromatic rings. The fraction of sp³-hybridized carbons (Fsp3) is 0.360. The van der Waals surface area contributed by atoms with Crippen molar-refractivity contribution in [2.75, 3.05) is 17.3 Å². The number of carbonyl (C=O) groups is 2. The molecule has 0 saturated heterocycles. The van der Waals surface area contributed by atoms with Crippen LogP contribution < -0.4 is 10.6 Å². The number of aryl methyl sites for hydroxylation is 1. The Morgan fingerprint density at radius 1 is 1.12 bits per heavy atom. The van der Waals surface area contributed by atoms with Crippen LogP contribution in [-0.4, -0.2) is 72.4 Å². The van der Waals surface area contributed by atoms with Crippen LogP contribution in [0.15, 0.2) is 35.4 Å². The van der Waals surface area contributed by atoms with Crippen molar-refractivity contribution in [2.45, 2.75) is 44.8 Å². The van der Waals surface area contributed by atoms with E-state index < -0.39 is 58.3 Å². The molecule has 0 bridgehead atoms. The number of pyridine rings is 1. The quantitative estimate of drug-likeness (QED) is 0.332. The molecule has 42 heavy (non-hydrogen) atoms. The topological polar surface area (TPSA) is 121 Å². The van der Waals surface area contributed by atoms with Gasteiger partial charge in [-0.3, -0.25) is 19.6 Å². The number of sulfone groups is 1. The lowest BCUT2D eigenvalue weighted by molar-refractivity contribution is -0.170. The van der Waals surface area contributed by atoms with Crippen molar-refractivity contribution in [2.24, 2.45) is 5.10 Å². The number of carbonyl (C=O) groups excluding carboxylic acids is 2. The first kappa shape index (κ1) is 32.7. The summed E-state index contributed by atoms with van der Waals surface area (Å²) in [6.45, 7) is 2.06. The lowest BCUT2D eigenvalue weighted by Gasteiger charge is -2.29. The van der Waals surface area contributed by atoms with Crippen molar-refractivity contribution in [3.63, 3.8) is 0 Å². The van der Waals surface area contributed by atoms with Crippen LogP contribution in [0.1, 0.15) is 39.0 Å². The number of aromatic nitrogens is 1. The zero-order chi connectivity index (χ0) is 31.6. The molecule has 0 radical (unpaired) electrons. The van der Waals surface area contributed by atoms with E-state index in [1.54, 1.807) is 0 Å². The van der Waals surface area contributed by atoms with Gasteiger partial charge in [-0.05, 0) is 44.0 Å². The van der Waals surface area contributed by atoms with Crippen molar-refractivity contribution < 1.29 is 44.3 Å². The van der Waals surface area contributed by atoms with Crippen LogP contribution in [0.5, 0.6) is 0 Å². The zero-order valence-electron chi connectivity index (χ0n) is 22.0. The number of nitrogens with one attached hydrogen (secondary N) is 2. The Bertz CT molecular complexity index is 1600. The largest absolute Gasteiger partial charge is 0.443 e. The van der Waals surface area contributed by atoms with Crippen LogP contribution in [0.2, 0.25) is 5.02 Å². The Kier molecular flexibility index (Phi) is 9.47. The van der Waals surface area contributed by atoms with E-state index in [0.717, 1.165) is 6.26 Å². The van der Waals surface area contributed by atoms with Crippen LogP contribution in [0.25, 0.3) is 0 Å². The molecule has 9 nitrogen and oxygen atoms in total. The molecule has 2 atom stereocenters. The third kappa shape index (κ3) is 8.35. The van der Waals surface area contributed by atoms with E-state index in [2.05, 4.69) is 20.7 Å². The highest BCUT2D eigenvalue weighted by atomic mass is 35.5. The van der Waals surface area contributed by atoms with Crippen molar-refractivity contribution >= 4 is 44.7 Å². The number of amides is 2. The summed E-state index contributed by atoms with van der Waals surface area (Å²) in [5.41, 5.74) is -2.04. The minimum Gasteiger partial charge on any atom is -0.348 e. The normalized spacial score (nSPS) is 16.2. The third-order valence-electron chi connectivity index (χ3n) is 5.56. The minimum absolute atomic E-state index is 0.0748. The fourth-order valence-electron chi connectivity index (χ4n) is 3.85.